The lowest BCUT2D eigenvalue weighted by Gasteiger charge is -2.24. The number of hydrogen-bond donors (Lipinski definition) is 1. The van der Waals surface area contributed by atoms with Gasteiger partial charge in [0.15, 0.2) is 0 Å². The topological polar surface area (TPSA) is 76.1 Å². The fraction of sp³-hybridized carbons (Fsp3) is 0.231. The monoisotopic (exact) mass is 507 g/mol. The summed E-state index contributed by atoms with van der Waals surface area (Å²) in [6.45, 7) is 0.357. The minimum Gasteiger partial charge on any atom is -0.496 e. The highest BCUT2D eigenvalue weighted by Crippen LogP contribution is 2.44. The predicted octanol–water partition coefficient (Wildman–Crippen LogP) is 5.37. The van der Waals surface area contributed by atoms with Crippen molar-refractivity contribution in [2.45, 2.75) is 31.5 Å². The van der Waals surface area contributed by atoms with E-state index in [1.54, 1.807) is 24.1 Å². The molecule has 1 fully saturated rings. The molecule has 0 saturated carbocycles. The van der Waals surface area contributed by atoms with E-state index in [2.05, 4.69) is 28.1 Å². The number of benzene rings is 3. The van der Waals surface area contributed by atoms with Crippen molar-refractivity contribution in [1.82, 2.24) is 4.90 Å². The third-order valence-electron chi connectivity index (χ3n) is 6.29. The molecule has 3 aromatic carbocycles. The number of methoxy groups -OCH3 is 1. The van der Waals surface area contributed by atoms with E-state index >= 15 is 0 Å². The van der Waals surface area contributed by atoms with Gasteiger partial charge in [-0.25, -0.2) is 4.79 Å². The SMILES string of the molecule is COc1ccc(CC(=O)O)cc1-c1ccc(Br)cc1CN1C(=O)O[C@@H]2Cc3ccccc3[C@@H]21. The standard InChI is InChI=1S/C26H22BrNO5/c1-32-22-9-6-15(11-24(29)30)10-21(22)19-8-7-18(27)12-17(19)14-28-25-20-5-3-2-4-16(20)13-23(25)33-26(28)31/h2-10,12,23,25H,11,13-14H2,1H3,(H,29,30)/t23-,25+/m1/s1. The first kappa shape index (κ1) is 21.5. The maximum Gasteiger partial charge on any atom is 0.411 e. The summed E-state index contributed by atoms with van der Waals surface area (Å²) in [5.41, 5.74) is 5.60. The van der Waals surface area contributed by atoms with E-state index in [4.69, 9.17) is 9.47 Å². The lowest BCUT2D eigenvalue weighted by molar-refractivity contribution is -0.136. The molecule has 0 aromatic heterocycles. The normalized spacial score (nSPS) is 18.6. The molecule has 1 aliphatic carbocycles. The number of halogens is 1. The molecule has 0 unspecified atom stereocenters. The van der Waals surface area contributed by atoms with Crippen LogP contribution in [-0.4, -0.2) is 35.3 Å². The Hall–Kier alpha value is -3.32. The van der Waals surface area contributed by atoms with Gasteiger partial charge in [0.2, 0.25) is 0 Å². The summed E-state index contributed by atoms with van der Waals surface area (Å²) in [5.74, 6) is -0.256. The minimum atomic E-state index is -0.895. The number of carboxylic acid groups (broad SMARTS) is 1. The smallest absolute Gasteiger partial charge is 0.411 e. The van der Waals surface area contributed by atoms with Gasteiger partial charge in [0.25, 0.3) is 0 Å². The largest absolute Gasteiger partial charge is 0.496 e. The predicted molar refractivity (Wildman–Crippen MR) is 126 cm³/mol. The van der Waals surface area contributed by atoms with E-state index in [1.807, 2.05) is 36.4 Å². The lowest BCUT2D eigenvalue weighted by atomic mass is 9.95. The van der Waals surface area contributed by atoms with Crippen molar-refractivity contribution in [1.29, 1.82) is 0 Å². The maximum absolute atomic E-state index is 12.8. The van der Waals surface area contributed by atoms with Gasteiger partial charge in [-0.15, -0.1) is 0 Å². The second-order valence-electron chi connectivity index (χ2n) is 8.30. The van der Waals surface area contributed by atoms with Crippen LogP contribution in [0.1, 0.15) is 28.3 Å². The molecule has 0 bridgehead atoms. The van der Waals surface area contributed by atoms with Crippen LogP contribution in [0.2, 0.25) is 0 Å². The van der Waals surface area contributed by atoms with Crippen molar-refractivity contribution >= 4 is 28.0 Å². The Morgan fingerprint density at radius 2 is 1.97 bits per heavy atom. The summed E-state index contributed by atoms with van der Waals surface area (Å²) >= 11 is 3.55. The van der Waals surface area contributed by atoms with Gasteiger partial charge in [-0.05, 0) is 52.1 Å². The third kappa shape index (κ3) is 3.97. The van der Waals surface area contributed by atoms with Gasteiger partial charge in [0.05, 0.1) is 26.1 Å². The molecule has 1 N–H and O–H groups in total. The number of aliphatic carboxylic acids is 1. The van der Waals surface area contributed by atoms with Crippen molar-refractivity contribution in [2.75, 3.05) is 7.11 Å². The Kier molecular flexibility index (Phi) is 5.58. The summed E-state index contributed by atoms with van der Waals surface area (Å²) in [5, 5.41) is 9.24. The highest BCUT2D eigenvalue weighted by molar-refractivity contribution is 9.10. The zero-order chi connectivity index (χ0) is 23.1. The number of rotatable bonds is 6. The Balaban J connectivity index is 1.56. The number of amides is 1. The second kappa shape index (κ2) is 8.56. The summed E-state index contributed by atoms with van der Waals surface area (Å²) in [7, 11) is 1.59. The van der Waals surface area contributed by atoms with Crippen molar-refractivity contribution in [3.8, 4) is 16.9 Å². The summed E-state index contributed by atoms with van der Waals surface area (Å²) in [6, 6.07) is 19.3. The molecule has 2 aliphatic rings. The molecule has 0 radical (unpaired) electrons. The van der Waals surface area contributed by atoms with Crippen molar-refractivity contribution < 1.29 is 24.2 Å². The molecule has 0 spiro atoms. The van der Waals surface area contributed by atoms with Crippen LogP contribution in [0.25, 0.3) is 11.1 Å². The Bertz CT molecular complexity index is 1260. The Labute approximate surface area is 199 Å². The van der Waals surface area contributed by atoms with Crippen LogP contribution in [0.5, 0.6) is 5.75 Å². The molecule has 6 nitrogen and oxygen atoms in total. The van der Waals surface area contributed by atoms with Gasteiger partial charge in [-0.1, -0.05) is 52.3 Å². The van der Waals surface area contributed by atoms with Crippen LogP contribution in [0.4, 0.5) is 4.79 Å². The van der Waals surface area contributed by atoms with Crippen molar-refractivity contribution in [2.24, 2.45) is 0 Å². The highest BCUT2D eigenvalue weighted by atomic mass is 79.9. The van der Waals surface area contributed by atoms with Gasteiger partial charge in [-0.2, -0.15) is 0 Å². The van der Waals surface area contributed by atoms with Gasteiger partial charge in [0, 0.05) is 16.5 Å². The van der Waals surface area contributed by atoms with E-state index in [9.17, 15) is 14.7 Å². The molecule has 168 valence electrons. The van der Waals surface area contributed by atoms with Gasteiger partial charge < -0.3 is 14.6 Å². The number of hydrogen-bond acceptors (Lipinski definition) is 4. The zero-order valence-corrected chi connectivity index (χ0v) is 19.5. The molecule has 1 saturated heterocycles. The zero-order valence-electron chi connectivity index (χ0n) is 18.0. The van der Waals surface area contributed by atoms with E-state index in [-0.39, 0.29) is 24.7 Å². The number of carbonyl (C=O) groups is 2. The van der Waals surface area contributed by atoms with Gasteiger partial charge in [0.1, 0.15) is 11.9 Å². The molecular weight excluding hydrogens is 486 g/mol. The van der Waals surface area contributed by atoms with E-state index in [0.717, 1.165) is 33.1 Å². The van der Waals surface area contributed by atoms with Crippen LogP contribution in [-0.2, 0) is 28.9 Å². The van der Waals surface area contributed by atoms with Crippen LogP contribution in [0.15, 0.2) is 65.1 Å². The fourth-order valence-corrected chi connectivity index (χ4v) is 5.28. The molecule has 7 heteroatoms. The number of ether oxygens (including phenoxy) is 2. The highest BCUT2D eigenvalue weighted by Gasteiger charge is 2.47. The number of fused-ring (bicyclic) bond motifs is 3. The summed E-state index contributed by atoms with van der Waals surface area (Å²) < 4.78 is 12.2. The molecule has 1 heterocycles. The first-order chi connectivity index (χ1) is 15.9. The van der Waals surface area contributed by atoms with E-state index in [0.29, 0.717) is 17.9 Å². The average Bonchev–Trinajstić information content (AvgIpc) is 3.29. The number of carboxylic acids is 1. The van der Waals surface area contributed by atoms with Crippen LogP contribution >= 0.6 is 15.9 Å². The van der Waals surface area contributed by atoms with Crippen molar-refractivity contribution in [3.63, 3.8) is 0 Å². The third-order valence-corrected chi connectivity index (χ3v) is 6.78. The Morgan fingerprint density at radius 1 is 1.15 bits per heavy atom. The van der Waals surface area contributed by atoms with Gasteiger partial charge >= 0.3 is 12.1 Å². The molecule has 5 rings (SSSR count). The van der Waals surface area contributed by atoms with Crippen LogP contribution < -0.4 is 4.74 Å². The van der Waals surface area contributed by atoms with Crippen LogP contribution in [0.3, 0.4) is 0 Å². The lowest BCUT2D eigenvalue weighted by Crippen LogP contribution is -2.27. The summed E-state index contributed by atoms with van der Waals surface area (Å²) in [6.07, 6.45) is 0.136. The molecule has 1 amide bonds. The minimum absolute atomic E-state index is 0.0815. The van der Waals surface area contributed by atoms with Gasteiger partial charge in [-0.3, -0.25) is 9.69 Å². The number of nitrogens with zero attached hydrogens (tertiary/aromatic N) is 1. The molecule has 33 heavy (non-hydrogen) atoms. The fourth-order valence-electron chi connectivity index (χ4n) is 4.88. The Morgan fingerprint density at radius 3 is 2.76 bits per heavy atom. The van der Waals surface area contributed by atoms with Crippen LogP contribution in [0, 0.1) is 0 Å². The van der Waals surface area contributed by atoms with Crippen molar-refractivity contribution in [3.05, 3.63) is 87.4 Å². The molecule has 3 aromatic rings. The average molecular weight is 508 g/mol. The molecule has 1 aliphatic heterocycles. The maximum atomic E-state index is 12.8. The van der Waals surface area contributed by atoms with E-state index < -0.39 is 5.97 Å². The molecular formula is C26H22BrNO5. The quantitative estimate of drug-likeness (QED) is 0.485. The first-order valence-electron chi connectivity index (χ1n) is 10.7. The number of carbonyl (C=O) groups excluding carboxylic acids is 1. The van der Waals surface area contributed by atoms with E-state index in [1.165, 1.54) is 5.56 Å². The molecule has 2 atom stereocenters. The first-order valence-corrected chi connectivity index (χ1v) is 11.5. The second-order valence-corrected chi connectivity index (χ2v) is 9.22. The summed E-state index contributed by atoms with van der Waals surface area (Å²) in [4.78, 5) is 25.9.